The van der Waals surface area contributed by atoms with Crippen LogP contribution in [0.2, 0.25) is 0 Å². The number of allylic oxidation sites excluding steroid dienone is 3. The maximum Gasteiger partial charge on any atom is 0.159 e. The van der Waals surface area contributed by atoms with Gasteiger partial charge >= 0.3 is 0 Å². The summed E-state index contributed by atoms with van der Waals surface area (Å²) >= 11 is 0. The first-order valence-electron chi connectivity index (χ1n) is 5.74. The molecule has 0 aromatic carbocycles. The third-order valence-corrected chi connectivity index (χ3v) is 2.70. The highest BCUT2D eigenvalue weighted by Gasteiger charge is 2.18. The fourth-order valence-corrected chi connectivity index (χ4v) is 1.50. The standard InChI is InChI=1S/C13H21NO2/c1-5-10(3)13-12(15-7-8-16-13)9-11(6-2)14-4/h6,9-10,14H,2,5,7-8H2,1,3-4H3/b11-9+. The van der Waals surface area contributed by atoms with Gasteiger partial charge in [0.25, 0.3) is 0 Å². The zero-order valence-corrected chi connectivity index (χ0v) is 10.4. The molecule has 1 aliphatic heterocycles. The van der Waals surface area contributed by atoms with E-state index in [4.69, 9.17) is 9.47 Å². The Morgan fingerprint density at radius 1 is 1.50 bits per heavy atom. The van der Waals surface area contributed by atoms with E-state index in [1.807, 2.05) is 13.1 Å². The molecule has 0 spiro atoms. The Hall–Kier alpha value is -1.38. The second-order valence-electron chi connectivity index (χ2n) is 3.79. The first-order valence-corrected chi connectivity index (χ1v) is 5.74. The molecule has 3 nitrogen and oxygen atoms in total. The molecule has 1 unspecified atom stereocenters. The monoisotopic (exact) mass is 223 g/mol. The van der Waals surface area contributed by atoms with Crippen molar-refractivity contribution >= 4 is 0 Å². The molecule has 1 aliphatic rings. The number of ether oxygens (including phenoxy) is 2. The van der Waals surface area contributed by atoms with E-state index in [9.17, 15) is 0 Å². The lowest BCUT2D eigenvalue weighted by molar-refractivity contribution is 0.0531. The molecule has 1 N–H and O–H groups in total. The van der Waals surface area contributed by atoms with Crippen molar-refractivity contribution in [3.05, 3.63) is 35.9 Å². The Morgan fingerprint density at radius 2 is 2.19 bits per heavy atom. The first-order chi connectivity index (χ1) is 7.72. The summed E-state index contributed by atoms with van der Waals surface area (Å²) in [5.41, 5.74) is 0.932. The van der Waals surface area contributed by atoms with E-state index in [0.29, 0.717) is 19.1 Å². The third kappa shape index (κ3) is 3.05. The highest BCUT2D eigenvalue weighted by Crippen LogP contribution is 2.25. The predicted molar refractivity (Wildman–Crippen MR) is 65.7 cm³/mol. The molecule has 0 saturated carbocycles. The Balaban J connectivity index is 2.98. The molecular formula is C13H21NO2. The van der Waals surface area contributed by atoms with Gasteiger partial charge in [0.1, 0.15) is 19.0 Å². The number of rotatable bonds is 5. The van der Waals surface area contributed by atoms with E-state index < -0.39 is 0 Å². The van der Waals surface area contributed by atoms with E-state index in [-0.39, 0.29) is 0 Å². The summed E-state index contributed by atoms with van der Waals surface area (Å²) in [5, 5.41) is 3.05. The molecule has 16 heavy (non-hydrogen) atoms. The quantitative estimate of drug-likeness (QED) is 0.727. The van der Waals surface area contributed by atoms with E-state index in [1.54, 1.807) is 6.08 Å². The summed E-state index contributed by atoms with van der Waals surface area (Å²) in [4.78, 5) is 0. The normalized spacial score (nSPS) is 18.6. The van der Waals surface area contributed by atoms with Crippen molar-refractivity contribution < 1.29 is 9.47 Å². The minimum absolute atomic E-state index is 0.384. The van der Waals surface area contributed by atoms with Crippen LogP contribution in [0.15, 0.2) is 35.9 Å². The van der Waals surface area contributed by atoms with Gasteiger partial charge in [-0.05, 0) is 12.5 Å². The summed E-state index contributed by atoms with van der Waals surface area (Å²) in [6.45, 7) is 9.27. The van der Waals surface area contributed by atoms with Gasteiger partial charge in [0.05, 0.1) is 0 Å². The van der Waals surface area contributed by atoms with Crippen molar-refractivity contribution in [1.82, 2.24) is 5.32 Å². The minimum atomic E-state index is 0.384. The molecular weight excluding hydrogens is 202 g/mol. The zero-order valence-electron chi connectivity index (χ0n) is 10.4. The lowest BCUT2D eigenvalue weighted by Crippen LogP contribution is -2.18. The second-order valence-corrected chi connectivity index (χ2v) is 3.79. The molecule has 3 heteroatoms. The van der Waals surface area contributed by atoms with E-state index >= 15 is 0 Å². The summed E-state index contributed by atoms with van der Waals surface area (Å²) in [6, 6.07) is 0. The lowest BCUT2D eigenvalue weighted by Gasteiger charge is -2.24. The van der Waals surface area contributed by atoms with E-state index in [1.165, 1.54) is 0 Å². The predicted octanol–water partition coefficient (Wildman–Crippen LogP) is 2.58. The molecule has 1 rings (SSSR count). The average Bonchev–Trinajstić information content (AvgIpc) is 2.35. The number of likely N-dealkylation sites (N-methyl/N-ethyl adjacent to an activating group) is 1. The molecule has 0 bridgehead atoms. The van der Waals surface area contributed by atoms with Gasteiger partial charge in [-0.15, -0.1) is 0 Å². The largest absolute Gasteiger partial charge is 0.490 e. The van der Waals surface area contributed by atoms with Gasteiger partial charge in [0.2, 0.25) is 0 Å². The van der Waals surface area contributed by atoms with Crippen molar-refractivity contribution in [2.45, 2.75) is 20.3 Å². The van der Waals surface area contributed by atoms with E-state index in [2.05, 4.69) is 25.7 Å². The van der Waals surface area contributed by atoms with Crippen LogP contribution in [0, 0.1) is 5.92 Å². The van der Waals surface area contributed by atoms with Gasteiger partial charge in [-0.1, -0.05) is 20.4 Å². The van der Waals surface area contributed by atoms with Crippen LogP contribution >= 0.6 is 0 Å². The summed E-state index contributed by atoms with van der Waals surface area (Å²) < 4.78 is 11.3. The number of nitrogens with one attached hydrogen (secondary N) is 1. The highest BCUT2D eigenvalue weighted by molar-refractivity contribution is 5.27. The SMILES string of the molecule is C=C/C(=C\C1=C(C(C)CC)OCCO1)NC. The lowest BCUT2D eigenvalue weighted by atomic mass is 10.0. The van der Waals surface area contributed by atoms with Crippen molar-refractivity contribution in [3.63, 3.8) is 0 Å². The topological polar surface area (TPSA) is 30.5 Å². The summed E-state index contributed by atoms with van der Waals surface area (Å²) in [6.07, 6.45) is 4.74. The number of hydrogen-bond acceptors (Lipinski definition) is 3. The van der Waals surface area contributed by atoms with Gasteiger partial charge in [-0.2, -0.15) is 0 Å². The van der Waals surface area contributed by atoms with Crippen LogP contribution in [0.4, 0.5) is 0 Å². The molecule has 1 atom stereocenters. The van der Waals surface area contributed by atoms with Crippen LogP contribution in [-0.4, -0.2) is 20.3 Å². The van der Waals surface area contributed by atoms with Crippen LogP contribution in [0.25, 0.3) is 0 Å². The Bertz CT molecular complexity index is 305. The van der Waals surface area contributed by atoms with Crippen LogP contribution in [0.5, 0.6) is 0 Å². The average molecular weight is 223 g/mol. The van der Waals surface area contributed by atoms with Gasteiger partial charge in [-0.25, -0.2) is 0 Å². The fraction of sp³-hybridized carbons (Fsp3) is 0.538. The molecule has 0 amide bonds. The van der Waals surface area contributed by atoms with Crippen LogP contribution in [0.3, 0.4) is 0 Å². The maximum absolute atomic E-state index is 5.68. The molecule has 0 aromatic rings. The molecule has 0 radical (unpaired) electrons. The summed E-state index contributed by atoms with van der Waals surface area (Å²) in [5.74, 6) is 2.16. The van der Waals surface area contributed by atoms with E-state index in [0.717, 1.165) is 23.6 Å². The Kier molecular flexibility index (Phi) is 4.96. The van der Waals surface area contributed by atoms with Crippen molar-refractivity contribution in [3.8, 4) is 0 Å². The van der Waals surface area contributed by atoms with Crippen molar-refractivity contribution in [2.24, 2.45) is 5.92 Å². The maximum atomic E-state index is 5.68. The van der Waals surface area contributed by atoms with Crippen molar-refractivity contribution in [2.75, 3.05) is 20.3 Å². The smallest absolute Gasteiger partial charge is 0.159 e. The van der Waals surface area contributed by atoms with Gasteiger partial charge < -0.3 is 14.8 Å². The van der Waals surface area contributed by atoms with Gasteiger partial charge in [0, 0.05) is 24.7 Å². The molecule has 0 fully saturated rings. The highest BCUT2D eigenvalue weighted by atomic mass is 16.6. The Labute approximate surface area is 97.8 Å². The van der Waals surface area contributed by atoms with Crippen LogP contribution in [0.1, 0.15) is 20.3 Å². The zero-order chi connectivity index (χ0) is 12.0. The molecule has 0 saturated heterocycles. The Morgan fingerprint density at radius 3 is 2.75 bits per heavy atom. The second kappa shape index (κ2) is 6.26. The van der Waals surface area contributed by atoms with Gasteiger partial charge in [-0.3, -0.25) is 0 Å². The molecule has 1 heterocycles. The van der Waals surface area contributed by atoms with Crippen LogP contribution in [-0.2, 0) is 9.47 Å². The molecule has 0 aromatic heterocycles. The van der Waals surface area contributed by atoms with Gasteiger partial charge in [0.15, 0.2) is 5.76 Å². The number of hydrogen-bond donors (Lipinski definition) is 1. The first kappa shape index (κ1) is 12.7. The third-order valence-electron chi connectivity index (χ3n) is 2.70. The minimum Gasteiger partial charge on any atom is -0.490 e. The van der Waals surface area contributed by atoms with Crippen LogP contribution < -0.4 is 5.32 Å². The summed E-state index contributed by atoms with van der Waals surface area (Å²) in [7, 11) is 1.86. The molecule has 90 valence electrons. The molecule has 0 aliphatic carbocycles. The fourth-order valence-electron chi connectivity index (χ4n) is 1.50. The van der Waals surface area contributed by atoms with Crippen molar-refractivity contribution in [1.29, 1.82) is 0 Å².